The fourth-order valence-electron chi connectivity index (χ4n) is 1.22. The monoisotopic (exact) mass is 298 g/mol. The molecule has 0 aliphatic heterocycles. The maximum absolute atomic E-state index is 8.62. The lowest BCUT2D eigenvalue weighted by molar-refractivity contribution is 0.201. The van der Waals surface area contributed by atoms with E-state index in [1.54, 1.807) is 37.5 Å². The van der Waals surface area contributed by atoms with E-state index in [1.807, 2.05) is 0 Å². The highest BCUT2D eigenvalue weighted by atomic mass is 79.9. The van der Waals surface area contributed by atoms with Gasteiger partial charge in [-0.15, -0.1) is 0 Å². The summed E-state index contributed by atoms with van der Waals surface area (Å²) >= 11 is 3.31. The van der Waals surface area contributed by atoms with Crippen LogP contribution in [0.2, 0.25) is 0 Å². The fraction of sp³-hybridized carbons (Fsp3) is 0.250. The van der Waals surface area contributed by atoms with E-state index in [4.69, 9.17) is 15.3 Å². The molecule has 0 saturated carbocycles. The molecular weight excluding hydrogens is 284 g/mol. The summed E-state index contributed by atoms with van der Waals surface area (Å²) in [5.74, 6) is 0.685. The first-order valence-electron chi connectivity index (χ1n) is 5.15. The lowest BCUT2D eigenvalue weighted by atomic mass is 10.1. The van der Waals surface area contributed by atoms with Crippen molar-refractivity contribution in [2.45, 2.75) is 0 Å². The highest BCUT2D eigenvalue weighted by Crippen LogP contribution is 2.17. The van der Waals surface area contributed by atoms with E-state index in [1.165, 1.54) is 0 Å². The van der Waals surface area contributed by atoms with Gasteiger partial charge >= 0.3 is 0 Å². The number of allylic oxidation sites excluding steroid dienone is 1. The maximum atomic E-state index is 8.62. The first-order valence-corrected chi connectivity index (χ1v) is 5.94. The Bertz CT molecular complexity index is 401. The zero-order chi connectivity index (χ0) is 12.7. The summed E-state index contributed by atoms with van der Waals surface area (Å²) in [5, 5.41) is 19.4. The third-order valence-corrected chi connectivity index (χ3v) is 2.64. The van der Waals surface area contributed by atoms with E-state index >= 15 is 0 Å². The van der Waals surface area contributed by atoms with Gasteiger partial charge in [0.15, 0.2) is 0 Å². The van der Waals surface area contributed by atoms with Crippen molar-refractivity contribution < 1.29 is 9.84 Å². The standard InChI is InChI=1S/C12H15BrN2O2/c1-15-8-11(13)12(14)9-2-4-10(5-3-9)17-7-6-16/h2-5,8,14-16H,6-7H2,1H3/b11-8+,14-12?. The number of ether oxygens (including phenoxy) is 1. The minimum atomic E-state index is -0.00593. The molecule has 0 aliphatic rings. The predicted octanol–water partition coefficient (Wildman–Crippen LogP) is 1.88. The van der Waals surface area contributed by atoms with Gasteiger partial charge in [-0.1, -0.05) is 0 Å². The van der Waals surface area contributed by atoms with Crippen LogP contribution in [0.4, 0.5) is 0 Å². The van der Waals surface area contributed by atoms with Gasteiger partial charge < -0.3 is 15.2 Å². The molecule has 0 heterocycles. The van der Waals surface area contributed by atoms with E-state index in [-0.39, 0.29) is 13.2 Å². The third-order valence-electron chi connectivity index (χ3n) is 2.01. The molecule has 0 spiro atoms. The topological polar surface area (TPSA) is 65.3 Å². The minimum Gasteiger partial charge on any atom is -0.491 e. The van der Waals surface area contributed by atoms with Crippen LogP contribution in [-0.2, 0) is 0 Å². The average molecular weight is 299 g/mol. The third kappa shape index (κ3) is 4.20. The van der Waals surface area contributed by atoms with Gasteiger partial charge in [0.25, 0.3) is 0 Å². The number of halogens is 1. The molecule has 0 aromatic heterocycles. The molecule has 0 aliphatic carbocycles. The van der Waals surface area contributed by atoms with Gasteiger partial charge in [-0.3, -0.25) is 5.41 Å². The molecule has 1 aromatic carbocycles. The second kappa shape index (κ2) is 7.09. The van der Waals surface area contributed by atoms with Gasteiger partial charge in [-0.05, 0) is 40.2 Å². The largest absolute Gasteiger partial charge is 0.491 e. The van der Waals surface area contributed by atoms with Crippen molar-refractivity contribution in [2.75, 3.05) is 20.3 Å². The van der Waals surface area contributed by atoms with E-state index < -0.39 is 0 Å². The van der Waals surface area contributed by atoms with Crippen LogP contribution in [0, 0.1) is 5.41 Å². The van der Waals surface area contributed by atoms with Gasteiger partial charge in [0.2, 0.25) is 0 Å². The van der Waals surface area contributed by atoms with E-state index in [0.29, 0.717) is 15.9 Å². The number of aliphatic hydroxyl groups is 1. The Labute approximate surface area is 109 Å². The first kappa shape index (κ1) is 13.7. The number of benzene rings is 1. The van der Waals surface area contributed by atoms with Crippen LogP contribution in [0.1, 0.15) is 5.56 Å². The van der Waals surface area contributed by atoms with Crippen molar-refractivity contribution in [3.05, 3.63) is 40.5 Å². The number of hydrogen-bond acceptors (Lipinski definition) is 4. The van der Waals surface area contributed by atoms with Gasteiger partial charge in [0, 0.05) is 18.8 Å². The Morgan fingerprint density at radius 2 is 2.12 bits per heavy atom. The van der Waals surface area contributed by atoms with Crippen molar-refractivity contribution in [3.63, 3.8) is 0 Å². The molecule has 3 N–H and O–H groups in total. The summed E-state index contributed by atoms with van der Waals surface area (Å²) in [6.07, 6.45) is 1.71. The van der Waals surface area contributed by atoms with Gasteiger partial charge in [-0.2, -0.15) is 0 Å². The van der Waals surface area contributed by atoms with Crippen LogP contribution in [0.3, 0.4) is 0 Å². The molecule has 0 bridgehead atoms. The molecule has 17 heavy (non-hydrogen) atoms. The summed E-state index contributed by atoms with van der Waals surface area (Å²) in [5.41, 5.74) is 1.19. The molecular formula is C12H15BrN2O2. The number of nitrogens with one attached hydrogen (secondary N) is 2. The van der Waals surface area contributed by atoms with Crippen LogP contribution >= 0.6 is 15.9 Å². The lowest BCUT2D eigenvalue weighted by Gasteiger charge is -2.06. The van der Waals surface area contributed by atoms with E-state index in [0.717, 1.165) is 5.56 Å². The normalized spacial score (nSPS) is 11.1. The molecule has 0 radical (unpaired) electrons. The highest BCUT2D eigenvalue weighted by Gasteiger charge is 2.05. The Morgan fingerprint density at radius 1 is 1.47 bits per heavy atom. The smallest absolute Gasteiger partial charge is 0.119 e. The molecule has 4 nitrogen and oxygen atoms in total. The summed E-state index contributed by atoms with van der Waals surface area (Å²) in [4.78, 5) is 0. The van der Waals surface area contributed by atoms with Crippen molar-refractivity contribution >= 4 is 21.6 Å². The van der Waals surface area contributed by atoms with Gasteiger partial charge in [0.1, 0.15) is 12.4 Å². The Hall–Kier alpha value is -1.33. The van der Waals surface area contributed by atoms with E-state index in [9.17, 15) is 0 Å². The van der Waals surface area contributed by atoms with Crippen LogP contribution in [0.25, 0.3) is 0 Å². The Kier molecular flexibility index (Phi) is 5.72. The number of aliphatic hydroxyl groups excluding tert-OH is 1. The van der Waals surface area contributed by atoms with Crippen molar-refractivity contribution in [3.8, 4) is 5.75 Å². The first-order chi connectivity index (χ1) is 8.19. The van der Waals surface area contributed by atoms with E-state index in [2.05, 4.69) is 21.2 Å². The van der Waals surface area contributed by atoms with Crippen molar-refractivity contribution in [1.82, 2.24) is 5.32 Å². The van der Waals surface area contributed by atoms with Crippen LogP contribution in [-0.4, -0.2) is 31.1 Å². The number of rotatable bonds is 6. The molecule has 5 heteroatoms. The summed E-state index contributed by atoms with van der Waals surface area (Å²) in [6.45, 7) is 0.272. The second-order valence-electron chi connectivity index (χ2n) is 3.25. The molecule has 0 amide bonds. The Balaban J connectivity index is 2.73. The van der Waals surface area contributed by atoms with Crippen LogP contribution in [0.15, 0.2) is 34.9 Å². The fourth-order valence-corrected chi connectivity index (χ4v) is 1.68. The summed E-state index contributed by atoms with van der Waals surface area (Å²) < 4.78 is 5.92. The average Bonchev–Trinajstić information content (AvgIpc) is 2.36. The molecule has 1 rings (SSSR count). The zero-order valence-electron chi connectivity index (χ0n) is 9.53. The zero-order valence-corrected chi connectivity index (χ0v) is 11.1. The molecule has 0 atom stereocenters. The highest BCUT2D eigenvalue weighted by molar-refractivity contribution is 9.12. The van der Waals surface area contributed by atoms with Crippen molar-refractivity contribution in [2.24, 2.45) is 0 Å². The molecule has 0 unspecified atom stereocenters. The molecule has 0 saturated heterocycles. The summed E-state index contributed by atoms with van der Waals surface area (Å²) in [6, 6.07) is 7.16. The summed E-state index contributed by atoms with van der Waals surface area (Å²) in [7, 11) is 1.78. The van der Waals surface area contributed by atoms with Gasteiger partial charge in [-0.25, -0.2) is 0 Å². The molecule has 92 valence electrons. The maximum Gasteiger partial charge on any atom is 0.119 e. The lowest BCUT2D eigenvalue weighted by Crippen LogP contribution is -2.04. The van der Waals surface area contributed by atoms with Crippen molar-refractivity contribution in [1.29, 1.82) is 5.41 Å². The predicted molar refractivity (Wildman–Crippen MR) is 71.9 cm³/mol. The SMILES string of the molecule is CN/C=C(/Br)C(=N)c1ccc(OCCO)cc1. The van der Waals surface area contributed by atoms with Crippen LogP contribution in [0.5, 0.6) is 5.75 Å². The molecule has 0 fully saturated rings. The number of hydrogen-bond donors (Lipinski definition) is 3. The Morgan fingerprint density at radius 3 is 2.65 bits per heavy atom. The van der Waals surface area contributed by atoms with Gasteiger partial charge in [0.05, 0.1) is 16.8 Å². The minimum absolute atomic E-state index is 0.00593. The quantitative estimate of drug-likeness (QED) is 0.703. The van der Waals surface area contributed by atoms with Crippen LogP contribution < -0.4 is 10.1 Å². The molecule has 1 aromatic rings. The second-order valence-corrected chi connectivity index (χ2v) is 4.11.